The van der Waals surface area contributed by atoms with Crippen molar-refractivity contribution in [3.63, 3.8) is 0 Å². The molecule has 9 heavy (non-hydrogen) atoms. The van der Waals surface area contributed by atoms with Gasteiger partial charge in [-0.25, -0.2) is 9.38 Å². The Labute approximate surface area is 52.2 Å². The molecule has 1 rings (SSSR count). The van der Waals surface area contributed by atoms with E-state index in [1.165, 1.54) is 0 Å². The first-order chi connectivity index (χ1) is 4.36. The highest BCUT2D eigenvalue weighted by molar-refractivity contribution is 5.78. The van der Waals surface area contributed by atoms with E-state index in [4.69, 9.17) is 9.84 Å². The fourth-order valence-electron chi connectivity index (χ4n) is 0.637. The van der Waals surface area contributed by atoms with Gasteiger partial charge in [0.25, 0.3) is 0 Å². The average Bonchev–Trinajstić information content (AvgIpc) is 2.34. The van der Waals surface area contributed by atoms with Crippen LogP contribution in [0.2, 0.25) is 0 Å². The van der Waals surface area contributed by atoms with E-state index in [1.807, 2.05) is 0 Å². The lowest BCUT2D eigenvalue weighted by atomic mass is 10.4. The third-order valence-electron chi connectivity index (χ3n) is 1.09. The number of alkyl halides is 1. The summed E-state index contributed by atoms with van der Waals surface area (Å²) in [5, 5.41) is 8.47. The summed E-state index contributed by atoms with van der Waals surface area (Å²) in [6, 6.07) is -0.240. The van der Waals surface area contributed by atoms with Gasteiger partial charge in [-0.1, -0.05) is 0 Å². The van der Waals surface area contributed by atoms with E-state index in [9.17, 15) is 4.39 Å². The van der Waals surface area contributed by atoms with Crippen LogP contribution in [-0.2, 0) is 4.74 Å². The van der Waals surface area contributed by atoms with E-state index in [-0.39, 0.29) is 18.5 Å². The molecule has 1 aliphatic rings. The van der Waals surface area contributed by atoms with Crippen LogP contribution in [0.25, 0.3) is 0 Å². The number of hydrogen-bond acceptors (Lipinski definition) is 3. The first-order valence-electron chi connectivity index (χ1n) is 2.73. The molecule has 4 heteroatoms. The molecule has 0 aliphatic carbocycles. The van der Waals surface area contributed by atoms with Gasteiger partial charge in [-0.15, -0.1) is 0 Å². The van der Waals surface area contributed by atoms with Crippen molar-refractivity contribution in [3.05, 3.63) is 0 Å². The minimum absolute atomic E-state index is 0.0660. The minimum atomic E-state index is -0.670. The highest BCUT2D eigenvalue weighted by atomic mass is 19.1. The average molecular weight is 133 g/mol. The lowest BCUT2D eigenvalue weighted by Gasteiger charge is -1.95. The fourth-order valence-corrected chi connectivity index (χ4v) is 0.637. The molecular formula is C5H8FNO2. The number of aliphatic hydroxyl groups is 1. The van der Waals surface area contributed by atoms with Crippen molar-refractivity contribution in [1.29, 1.82) is 0 Å². The summed E-state index contributed by atoms with van der Waals surface area (Å²) in [6.07, 6.45) is 0. The van der Waals surface area contributed by atoms with E-state index in [1.54, 1.807) is 0 Å². The molecule has 0 radical (unpaired) electrons. The van der Waals surface area contributed by atoms with Crippen molar-refractivity contribution in [3.8, 4) is 0 Å². The second-order valence-corrected chi connectivity index (χ2v) is 1.80. The highest BCUT2D eigenvalue weighted by Gasteiger charge is 2.16. The summed E-state index contributed by atoms with van der Waals surface area (Å²) in [5.41, 5.74) is 0. The van der Waals surface area contributed by atoms with Crippen LogP contribution in [0.5, 0.6) is 0 Å². The summed E-state index contributed by atoms with van der Waals surface area (Å²) in [4.78, 5) is 3.69. The number of nitrogens with zero attached hydrogens (tertiary/aromatic N) is 1. The molecule has 0 aromatic heterocycles. The van der Waals surface area contributed by atoms with Crippen LogP contribution in [0.15, 0.2) is 4.99 Å². The van der Waals surface area contributed by atoms with Gasteiger partial charge in [-0.2, -0.15) is 0 Å². The Morgan fingerprint density at radius 3 is 3.00 bits per heavy atom. The van der Waals surface area contributed by atoms with E-state index < -0.39 is 6.67 Å². The van der Waals surface area contributed by atoms with Crippen LogP contribution in [0.3, 0.4) is 0 Å². The van der Waals surface area contributed by atoms with E-state index in [2.05, 4.69) is 4.99 Å². The molecule has 0 saturated carbocycles. The Morgan fingerprint density at radius 1 is 1.89 bits per heavy atom. The van der Waals surface area contributed by atoms with E-state index >= 15 is 0 Å². The maximum absolute atomic E-state index is 11.7. The summed E-state index contributed by atoms with van der Waals surface area (Å²) in [5.74, 6) is 0.106. The minimum Gasteiger partial charge on any atom is -0.477 e. The maximum Gasteiger partial charge on any atom is 0.216 e. The molecule has 0 spiro atoms. The second kappa shape index (κ2) is 2.77. The lowest BCUT2D eigenvalue weighted by Crippen LogP contribution is -2.10. The third-order valence-corrected chi connectivity index (χ3v) is 1.09. The maximum atomic E-state index is 11.7. The van der Waals surface area contributed by atoms with Crippen molar-refractivity contribution in [2.75, 3.05) is 19.9 Å². The number of aliphatic hydroxyl groups excluding tert-OH is 1. The molecule has 0 saturated heterocycles. The molecule has 1 atom stereocenters. The smallest absolute Gasteiger partial charge is 0.216 e. The Kier molecular flexibility index (Phi) is 2.00. The Hall–Kier alpha value is -0.640. The molecule has 1 unspecified atom stereocenters. The molecule has 0 bridgehead atoms. The fraction of sp³-hybridized carbons (Fsp3) is 0.800. The van der Waals surface area contributed by atoms with Gasteiger partial charge in [0.05, 0.1) is 6.61 Å². The normalized spacial score (nSPS) is 25.6. The molecule has 3 nitrogen and oxygen atoms in total. The summed E-state index contributed by atoms with van der Waals surface area (Å²) in [6.45, 7) is -0.421. The van der Waals surface area contributed by atoms with Crippen LogP contribution >= 0.6 is 0 Å². The van der Waals surface area contributed by atoms with E-state index in [0.717, 1.165) is 0 Å². The predicted molar refractivity (Wildman–Crippen MR) is 30.2 cm³/mol. The molecule has 1 aliphatic heterocycles. The van der Waals surface area contributed by atoms with Gasteiger partial charge in [-0.05, 0) is 0 Å². The van der Waals surface area contributed by atoms with Crippen molar-refractivity contribution in [2.24, 2.45) is 4.99 Å². The summed E-state index contributed by atoms with van der Waals surface area (Å²) < 4.78 is 16.4. The van der Waals surface area contributed by atoms with Gasteiger partial charge < -0.3 is 9.84 Å². The van der Waals surface area contributed by atoms with Crippen molar-refractivity contribution in [2.45, 2.75) is 6.04 Å². The number of ether oxygens (including phenoxy) is 1. The molecule has 0 amide bonds. The van der Waals surface area contributed by atoms with Crippen LogP contribution in [0.4, 0.5) is 4.39 Å². The quantitative estimate of drug-likeness (QED) is 0.564. The van der Waals surface area contributed by atoms with Crippen LogP contribution in [0, 0.1) is 0 Å². The monoisotopic (exact) mass is 133 g/mol. The second-order valence-electron chi connectivity index (χ2n) is 1.80. The Balaban J connectivity index is 2.40. The number of aliphatic imine (C=N–C) groups is 1. The summed E-state index contributed by atoms with van der Waals surface area (Å²) >= 11 is 0. The first kappa shape index (κ1) is 6.48. The zero-order valence-corrected chi connectivity index (χ0v) is 4.88. The lowest BCUT2D eigenvalue weighted by molar-refractivity contribution is 0.224. The van der Waals surface area contributed by atoms with Crippen molar-refractivity contribution < 1.29 is 14.2 Å². The molecule has 0 aromatic rings. The van der Waals surface area contributed by atoms with E-state index in [0.29, 0.717) is 6.61 Å². The topological polar surface area (TPSA) is 41.8 Å². The number of halogens is 1. The van der Waals surface area contributed by atoms with Gasteiger partial charge in [0.15, 0.2) is 6.67 Å². The molecule has 1 N–H and O–H groups in total. The van der Waals surface area contributed by atoms with Gasteiger partial charge in [0.1, 0.15) is 12.6 Å². The van der Waals surface area contributed by atoms with Crippen molar-refractivity contribution >= 4 is 5.90 Å². The van der Waals surface area contributed by atoms with Gasteiger partial charge in [-0.3, -0.25) is 0 Å². The van der Waals surface area contributed by atoms with Gasteiger partial charge in [0, 0.05) is 0 Å². The molecule has 52 valence electrons. The standard InChI is InChI=1S/C5H8FNO2/c6-1-5-7-4(2-8)3-9-5/h4,8H,1-3H2. The van der Waals surface area contributed by atoms with Gasteiger partial charge >= 0.3 is 0 Å². The predicted octanol–water partition coefficient (Wildman–Crippen LogP) is -0.255. The SMILES string of the molecule is OCC1COC(CF)=N1. The Bertz CT molecular complexity index is 126. The molecular weight excluding hydrogens is 125 g/mol. The van der Waals surface area contributed by atoms with Crippen molar-refractivity contribution in [1.82, 2.24) is 0 Å². The first-order valence-corrected chi connectivity index (χ1v) is 2.73. The number of hydrogen-bond donors (Lipinski definition) is 1. The summed E-state index contributed by atoms with van der Waals surface area (Å²) in [7, 11) is 0. The third kappa shape index (κ3) is 1.38. The van der Waals surface area contributed by atoms with Crippen LogP contribution in [0.1, 0.15) is 0 Å². The molecule has 0 fully saturated rings. The van der Waals surface area contributed by atoms with Crippen LogP contribution < -0.4 is 0 Å². The largest absolute Gasteiger partial charge is 0.477 e. The molecule has 1 heterocycles. The number of rotatable bonds is 2. The highest BCUT2D eigenvalue weighted by Crippen LogP contribution is 2.03. The zero-order chi connectivity index (χ0) is 6.69. The molecule has 0 aromatic carbocycles. The van der Waals surface area contributed by atoms with Gasteiger partial charge in [0.2, 0.25) is 5.90 Å². The zero-order valence-electron chi connectivity index (χ0n) is 4.88. The van der Waals surface area contributed by atoms with Crippen LogP contribution in [-0.4, -0.2) is 36.9 Å². The Morgan fingerprint density at radius 2 is 2.67 bits per heavy atom.